The quantitative estimate of drug-likeness (QED) is 0.795. The second-order valence-electron chi connectivity index (χ2n) is 4.61. The maximum atomic E-state index is 3.60. The van der Waals surface area contributed by atoms with E-state index in [0.717, 1.165) is 13.0 Å². The van der Waals surface area contributed by atoms with Crippen LogP contribution in [0.25, 0.3) is 0 Å². The van der Waals surface area contributed by atoms with Gasteiger partial charge in [-0.3, -0.25) is 0 Å². The summed E-state index contributed by atoms with van der Waals surface area (Å²) < 4.78 is 0. The zero-order valence-corrected chi connectivity index (χ0v) is 11.7. The normalized spacial score (nSPS) is 12.5. The highest BCUT2D eigenvalue weighted by Gasteiger charge is 2.08. The summed E-state index contributed by atoms with van der Waals surface area (Å²) in [5.41, 5.74) is 2.89. The van der Waals surface area contributed by atoms with E-state index in [9.17, 15) is 0 Å². The van der Waals surface area contributed by atoms with Crippen LogP contribution in [0, 0.1) is 0 Å². The number of benzene rings is 1. The molecule has 0 saturated heterocycles. The number of nitrogens with one attached hydrogen (secondary N) is 1. The van der Waals surface area contributed by atoms with Crippen LogP contribution in [0.1, 0.15) is 24.5 Å². The molecule has 1 nitrogen and oxygen atoms in total. The summed E-state index contributed by atoms with van der Waals surface area (Å²) >= 11 is 1.79. The van der Waals surface area contributed by atoms with Gasteiger partial charge in [-0.15, -0.1) is 0 Å². The molecular formula is C16H21NS. The number of rotatable bonds is 7. The number of thiophene rings is 1. The predicted octanol–water partition coefficient (Wildman–Crippen LogP) is 3.90. The molecule has 2 aromatic rings. The molecule has 0 radical (unpaired) electrons. The maximum Gasteiger partial charge on any atom is 0.0110 e. The van der Waals surface area contributed by atoms with Gasteiger partial charge in [-0.25, -0.2) is 0 Å². The molecule has 0 spiro atoms. The fourth-order valence-electron chi connectivity index (χ4n) is 2.24. The SMILES string of the molecule is CCNC(CCc1ccsc1)Cc1ccccc1. The van der Waals surface area contributed by atoms with E-state index in [1.54, 1.807) is 11.3 Å². The Morgan fingerprint density at radius 2 is 1.94 bits per heavy atom. The van der Waals surface area contributed by atoms with E-state index in [-0.39, 0.29) is 0 Å². The van der Waals surface area contributed by atoms with Gasteiger partial charge in [0.15, 0.2) is 0 Å². The molecule has 1 unspecified atom stereocenters. The smallest absolute Gasteiger partial charge is 0.0110 e. The third-order valence-electron chi connectivity index (χ3n) is 3.18. The molecule has 1 aromatic heterocycles. The summed E-state index contributed by atoms with van der Waals surface area (Å²) in [6.07, 6.45) is 3.51. The van der Waals surface area contributed by atoms with Gasteiger partial charge in [0, 0.05) is 6.04 Å². The summed E-state index contributed by atoms with van der Waals surface area (Å²) in [6.45, 7) is 3.23. The Bertz CT molecular complexity index is 422. The lowest BCUT2D eigenvalue weighted by atomic mass is 10.00. The van der Waals surface area contributed by atoms with Crippen molar-refractivity contribution < 1.29 is 0 Å². The highest BCUT2D eigenvalue weighted by Crippen LogP contribution is 2.12. The molecule has 0 aliphatic heterocycles. The number of hydrogen-bond acceptors (Lipinski definition) is 2. The summed E-state index contributed by atoms with van der Waals surface area (Å²) in [7, 11) is 0. The third kappa shape index (κ3) is 4.28. The molecule has 2 heteroatoms. The zero-order chi connectivity index (χ0) is 12.6. The van der Waals surface area contributed by atoms with Crippen molar-refractivity contribution in [3.05, 3.63) is 58.3 Å². The molecule has 1 N–H and O–H groups in total. The Kier molecular flexibility index (Phi) is 5.43. The zero-order valence-electron chi connectivity index (χ0n) is 10.9. The second kappa shape index (κ2) is 7.34. The number of aryl methyl sites for hydroxylation is 1. The van der Waals surface area contributed by atoms with Crippen LogP contribution in [0.3, 0.4) is 0 Å². The van der Waals surface area contributed by atoms with E-state index >= 15 is 0 Å². The Labute approximate surface area is 114 Å². The van der Waals surface area contributed by atoms with Crippen molar-refractivity contribution in [2.24, 2.45) is 0 Å². The van der Waals surface area contributed by atoms with Crippen molar-refractivity contribution in [1.82, 2.24) is 5.32 Å². The molecule has 0 aliphatic carbocycles. The van der Waals surface area contributed by atoms with E-state index in [4.69, 9.17) is 0 Å². The van der Waals surface area contributed by atoms with Gasteiger partial charge < -0.3 is 5.32 Å². The van der Waals surface area contributed by atoms with Gasteiger partial charge >= 0.3 is 0 Å². The average Bonchev–Trinajstić information content (AvgIpc) is 2.91. The molecule has 18 heavy (non-hydrogen) atoms. The number of likely N-dealkylation sites (N-methyl/N-ethyl adjacent to an activating group) is 1. The fourth-order valence-corrected chi connectivity index (χ4v) is 2.94. The molecule has 0 aliphatic rings. The summed E-state index contributed by atoms with van der Waals surface area (Å²) in [6, 6.07) is 13.6. The van der Waals surface area contributed by atoms with Crippen LogP contribution in [0.5, 0.6) is 0 Å². The molecule has 0 fully saturated rings. The average molecular weight is 259 g/mol. The molecule has 0 amide bonds. The summed E-state index contributed by atoms with van der Waals surface area (Å²) in [5.74, 6) is 0. The largest absolute Gasteiger partial charge is 0.314 e. The van der Waals surface area contributed by atoms with Crippen LogP contribution < -0.4 is 5.32 Å². The standard InChI is InChI=1S/C16H21NS/c1-2-17-16(9-8-15-10-11-18-13-15)12-14-6-4-3-5-7-14/h3-7,10-11,13,16-17H,2,8-9,12H2,1H3. The Morgan fingerprint density at radius 3 is 2.61 bits per heavy atom. The van der Waals surface area contributed by atoms with E-state index in [2.05, 4.69) is 59.4 Å². The number of hydrogen-bond donors (Lipinski definition) is 1. The minimum absolute atomic E-state index is 0.581. The molecule has 0 saturated carbocycles. The fraction of sp³-hybridized carbons (Fsp3) is 0.375. The van der Waals surface area contributed by atoms with E-state index in [1.807, 2.05) is 0 Å². The van der Waals surface area contributed by atoms with Gasteiger partial charge in [0.05, 0.1) is 0 Å². The predicted molar refractivity (Wildman–Crippen MR) is 80.3 cm³/mol. The van der Waals surface area contributed by atoms with Crippen molar-refractivity contribution in [1.29, 1.82) is 0 Å². The van der Waals surface area contributed by atoms with E-state index in [1.165, 1.54) is 24.0 Å². The van der Waals surface area contributed by atoms with Crippen LogP contribution in [0.4, 0.5) is 0 Å². The minimum atomic E-state index is 0.581. The highest BCUT2D eigenvalue weighted by atomic mass is 32.1. The topological polar surface area (TPSA) is 12.0 Å². The van der Waals surface area contributed by atoms with Crippen molar-refractivity contribution >= 4 is 11.3 Å². The summed E-state index contributed by atoms with van der Waals surface area (Å²) in [4.78, 5) is 0. The van der Waals surface area contributed by atoms with Crippen LogP contribution in [0.2, 0.25) is 0 Å². The minimum Gasteiger partial charge on any atom is -0.314 e. The van der Waals surface area contributed by atoms with Gasteiger partial charge in [0.25, 0.3) is 0 Å². The van der Waals surface area contributed by atoms with Crippen LogP contribution in [0.15, 0.2) is 47.2 Å². The lowest BCUT2D eigenvalue weighted by Crippen LogP contribution is -2.31. The van der Waals surface area contributed by atoms with Gasteiger partial charge in [-0.05, 0) is 53.8 Å². The Morgan fingerprint density at radius 1 is 1.11 bits per heavy atom. The van der Waals surface area contributed by atoms with Gasteiger partial charge in [0.2, 0.25) is 0 Å². The molecule has 1 atom stereocenters. The maximum absolute atomic E-state index is 3.60. The first-order chi connectivity index (χ1) is 8.88. The monoisotopic (exact) mass is 259 g/mol. The van der Waals surface area contributed by atoms with Crippen molar-refractivity contribution in [3.8, 4) is 0 Å². The Hall–Kier alpha value is -1.12. The van der Waals surface area contributed by atoms with Crippen LogP contribution in [-0.4, -0.2) is 12.6 Å². The molecule has 0 bridgehead atoms. The van der Waals surface area contributed by atoms with Gasteiger partial charge in [-0.1, -0.05) is 37.3 Å². The van der Waals surface area contributed by atoms with Gasteiger partial charge in [0.1, 0.15) is 0 Å². The van der Waals surface area contributed by atoms with Crippen molar-refractivity contribution in [2.75, 3.05) is 6.54 Å². The van der Waals surface area contributed by atoms with Crippen molar-refractivity contribution in [3.63, 3.8) is 0 Å². The molecule has 1 aromatic carbocycles. The summed E-state index contributed by atoms with van der Waals surface area (Å²) in [5, 5.41) is 8.01. The lowest BCUT2D eigenvalue weighted by molar-refractivity contribution is 0.491. The van der Waals surface area contributed by atoms with Crippen LogP contribution in [-0.2, 0) is 12.8 Å². The first-order valence-corrected chi connectivity index (χ1v) is 7.61. The first-order valence-electron chi connectivity index (χ1n) is 6.67. The van der Waals surface area contributed by atoms with Crippen LogP contribution >= 0.6 is 11.3 Å². The first kappa shape index (κ1) is 13.3. The molecule has 1 heterocycles. The third-order valence-corrected chi connectivity index (χ3v) is 3.91. The molecule has 96 valence electrons. The molecular weight excluding hydrogens is 238 g/mol. The highest BCUT2D eigenvalue weighted by molar-refractivity contribution is 7.07. The second-order valence-corrected chi connectivity index (χ2v) is 5.39. The molecule has 2 rings (SSSR count). The van der Waals surface area contributed by atoms with E-state index < -0.39 is 0 Å². The van der Waals surface area contributed by atoms with E-state index in [0.29, 0.717) is 6.04 Å². The lowest BCUT2D eigenvalue weighted by Gasteiger charge is -2.17. The van der Waals surface area contributed by atoms with Gasteiger partial charge in [-0.2, -0.15) is 11.3 Å². The Balaban J connectivity index is 1.87. The van der Waals surface area contributed by atoms with Crippen molar-refractivity contribution in [2.45, 2.75) is 32.2 Å².